The molecule has 53 heavy (non-hydrogen) atoms. The number of nitrogens with zero attached hydrogens (tertiary/aromatic N) is 2. The van der Waals surface area contributed by atoms with Crippen LogP contribution in [0, 0.1) is 6.92 Å². The summed E-state index contributed by atoms with van der Waals surface area (Å²) in [5.41, 5.74) is 11.1. The molecule has 0 fully saturated rings. The van der Waals surface area contributed by atoms with Gasteiger partial charge in [0.2, 0.25) is 0 Å². The van der Waals surface area contributed by atoms with Crippen LogP contribution in [0.15, 0.2) is 146 Å². The molecule has 0 radical (unpaired) electrons. The molecule has 0 N–H and O–H groups in total. The third kappa shape index (κ3) is 6.17. The summed E-state index contributed by atoms with van der Waals surface area (Å²) in [6.45, 7) is 18.8. The SMILES string of the molecule is Cc1ccc(N(c2ccccc2)c2cc(C(C)C)c3ccc4c(N(c5ccccc5)c5ccc([Si](C)(C)C)cc5)cc(C(C)C)c5ccc2c3c54)cc1. The van der Waals surface area contributed by atoms with Gasteiger partial charge in [0.25, 0.3) is 0 Å². The highest BCUT2D eigenvalue weighted by Gasteiger charge is 2.26. The van der Waals surface area contributed by atoms with Gasteiger partial charge in [-0.3, -0.25) is 0 Å². The molecule has 0 aliphatic rings. The Bertz CT molecular complexity index is 2530. The minimum absolute atomic E-state index is 0.336. The average Bonchev–Trinajstić information content (AvgIpc) is 3.16. The van der Waals surface area contributed by atoms with Gasteiger partial charge in [-0.15, -0.1) is 0 Å². The lowest BCUT2D eigenvalue weighted by Gasteiger charge is -2.31. The summed E-state index contributed by atoms with van der Waals surface area (Å²) in [6, 6.07) is 54.6. The van der Waals surface area contributed by atoms with Crippen LogP contribution in [0.4, 0.5) is 34.1 Å². The minimum Gasteiger partial charge on any atom is -0.310 e. The number of anilines is 6. The van der Waals surface area contributed by atoms with Gasteiger partial charge in [0, 0.05) is 33.5 Å². The Morgan fingerprint density at radius 3 is 1.15 bits per heavy atom. The fourth-order valence-corrected chi connectivity index (χ4v) is 9.31. The second-order valence-electron chi connectivity index (χ2n) is 16.3. The zero-order valence-corrected chi connectivity index (χ0v) is 33.4. The molecule has 8 aromatic rings. The number of para-hydroxylation sites is 2. The van der Waals surface area contributed by atoms with Crippen LogP contribution in [0.1, 0.15) is 56.2 Å². The number of benzene rings is 8. The van der Waals surface area contributed by atoms with E-state index in [-0.39, 0.29) is 0 Å². The highest BCUT2D eigenvalue weighted by atomic mass is 28.3. The van der Waals surface area contributed by atoms with Crippen molar-refractivity contribution in [2.75, 3.05) is 9.80 Å². The summed E-state index contributed by atoms with van der Waals surface area (Å²) in [5, 5.41) is 9.39. The van der Waals surface area contributed by atoms with Crippen LogP contribution in [0.2, 0.25) is 19.6 Å². The first-order valence-electron chi connectivity index (χ1n) is 19.2. The second kappa shape index (κ2) is 13.5. The van der Waals surface area contributed by atoms with E-state index in [4.69, 9.17) is 0 Å². The molecule has 8 aromatic carbocycles. The molecule has 0 spiro atoms. The fraction of sp³-hybridized carbons (Fsp3) is 0.200. The van der Waals surface area contributed by atoms with Crippen LogP contribution in [-0.4, -0.2) is 8.07 Å². The predicted octanol–water partition coefficient (Wildman–Crippen LogP) is 14.6. The smallest absolute Gasteiger partial charge is 0.0775 e. The normalized spacial score (nSPS) is 12.1. The van der Waals surface area contributed by atoms with Crippen LogP contribution in [0.25, 0.3) is 32.3 Å². The van der Waals surface area contributed by atoms with E-state index in [2.05, 4.69) is 210 Å². The van der Waals surface area contributed by atoms with E-state index in [0.29, 0.717) is 11.8 Å². The monoisotopic (exact) mass is 706 g/mol. The van der Waals surface area contributed by atoms with E-state index in [0.717, 1.165) is 17.1 Å². The molecule has 0 bridgehead atoms. The van der Waals surface area contributed by atoms with Crippen molar-refractivity contribution >= 4 is 79.7 Å². The second-order valence-corrected chi connectivity index (χ2v) is 21.4. The summed E-state index contributed by atoms with van der Waals surface area (Å²) in [5.74, 6) is 0.673. The van der Waals surface area contributed by atoms with Gasteiger partial charge >= 0.3 is 0 Å². The van der Waals surface area contributed by atoms with Gasteiger partial charge in [0.15, 0.2) is 0 Å². The molecule has 0 atom stereocenters. The Kier molecular flexibility index (Phi) is 8.87. The number of rotatable bonds is 9. The fourth-order valence-electron chi connectivity index (χ4n) is 8.15. The van der Waals surface area contributed by atoms with Crippen LogP contribution in [0.3, 0.4) is 0 Å². The third-order valence-corrected chi connectivity index (χ3v) is 13.0. The summed E-state index contributed by atoms with van der Waals surface area (Å²) in [6.07, 6.45) is 0. The van der Waals surface area contributed by atoms with E-state index in [1.165, 1.54) is 71.3 Å². The molecule has 0 unspecified atom stereocenters. The first kappa shape index (κ1) is 34.7. The van der Waals surface area contributed by atoms with Gasteiger partial charge in [-0.05, 0) is 112 Å². The van der Waals surface area contributed by atoms with Gasteiger partial charge in [-0.25, -0.2) is 0 Å². The van der Waals surface area contributed by atoms with E-state index in [9.17, 15) is 0 Å². The lowest BCUT2D eigenvalue weighted by atomic mass is 9.84. The number of hydrogen-bond donors (Lipinski definition) is 0. The van der Waals surface area contributed by atoms with Crippen molar-refractivity contribution in [3.8, 4) is 0 Å². The molecule has 0 saturated heterocycles. The van der Waals surface area contributed by atoms with Crippen LogP contribution in [-0.2, 0) is 0 Å². The molecular formula is C50H50N2Si. The van der Waals surface area contributed by atoms with Crippen molar-refractivity contribution in [2.45, 2.75) is 66.1 Å². The van der Waals surface area contributed by atoms with Gasteiger partial charge < -0.3 is 9.80 Å². The van der Waals surface area contributed by atoms with Gasteiger partial charge in [0.05, 0.1) is 19.4 Å². The molecule has 264 valence electrons. The van der Waals surface area contributed by atoms with Crippen molar-refractivity contribution in [1.82, 2.24) is 0 Å². The average molecular weight is 707 g/mol. The van der Waals surface area contributed by atoms with E-state index >= 15 is 0 Å². The highest BCUT2D eigenvalue weighted by molar-refractivity contribution is 6.88. The lowest BCUT2D eigenvalue weighted by Crippen LogP contribution is -2.37. The van der Waals surface area contributed by atoms with E-state index in [1.54, 1.807) is 0 Å². The largest absolute Gasteiger partial charge is 0.310 e. The van der Waals surface area contributed by atoms with Crippen LogP contribution in [0.5, 0.6) is 0 Å². The molecule has 0 aliphatic carbocycles. The quantitative estimate of drug-likeness (QED) is 0.109. The number of aryl methyl sites for hydroxylation is 1. The Morgan fingerprint density at radius 1 is 0.415 bits per heavy atom. The van der Waals surface area contributed by atoms with E-state index in [1.807, 2.05) is 0 Å². The van der Waals surface area contributed by atoms with Gasteiger partial charge in [-0.1, -0.05) is 143 Å². The summed E-state index contributed by atoms with van der Waals surface area (Å²) in [4.78, 5) is 4.94. The summed E-state index contributed by atoms with van der Waals surface area (Å²) >= 11 is 0. The molecule has 2 nitrogen and oxygen atoms in total. The standard InChI is InChI=1S/C50H50N2Si/c1-33(2)45-31-47(51(36-15-11-9-12-16-36)38-21-19-35(5)20-22-38)43-29-27-42-46(34(3)4)32-48(44-30-28-41(45)49(43)50(42)44)52(37-17-13-10-14-18-37)39-23-25-40(26-24-39)53(6,7)8/h9-34H,1-8H3. The maximum absolute atomic E-state index is 2.48. The molecule has 0 amide bonds. The minimum atomic E-state index is -1.47. The number of hydrogen-bond acceptors (Lipinski definition) is 2. The third-order valence-electron chi connectivity index (χ3n) is 11.0. The van der Waals surface area contributed by atoms with Crippen LogP contribution < -0.4 is 15.0 Å². The summed E-state index contributed by atoms with van der Waals surface area (Å²) < 4.78 is 0. The Hall–Kier alpha value is -5.38. The van der Waals surface area contributed by atoms with Crippen molar-refractivity contribution in [3.63, 3.8) is 0 Å². The van der Waals surface area contributed by atoms with Crippen molar-refractivity contribution in [3.05, 3.63) is 162 Å². The highest BCUT2D eigenvalue weighted by Crippen LogP contribution is 2.50. The Morgan fingerprint density at radius 2 is 0.774 bits per heavy atom. The first-order chi connectivity index (χ1) is 25.5. The maximum atomic E-state index is 2.48. The van der Waals surface area contributed by atoms with Crippen molar-refractivity contribution < 1.29 is 0 Å². The maximum Gasteiger partial charge on any atom is 0.0775 e. The Balaban J connectivity index is 1.49. The van der Waals surface area contributed by atoms with Crippen molar-refractivity contribution in [2.24, 2.45) is 0 Å². The molecule has 3 heteroatoms. The summed E-state index contributed by atoms with van der Waals surface area (Å²) in [7, 11) is -1.47. The van der Waals surface area contributed by atoms with Gasteiger partial charge in [0.1, 0.15) is 0 Å². The topological polar surface area (TPSA) is 6.48 Å². The Labute approximate surface area is 316 Å². The molecule has 0 saturated carbocycles. The lowest BCUT2D eigenvalue weighted by molar-refractivity contribution is 0.875. The first-order valence-corrected chi connectivity index (χ1v) is 22.7. The van der Waals surface area contributed by atoms with Crippen molar-refractivity contribution in [1.29, 1.82) is 0 Å². The zero-order chi connectivity index (χ0) is 37.0. The molecular weight excluding hydrogens is 657 g/mol. The zero-order valence-electron chi connectivity index (χ0n) is 32.4. The predicted molar refractivity (Wildman–Crippen MR) is 235 cm³/mol. The molecule has 0 aliphatic heterocycles. The van der Waals surface area contributed by atoms with Gasteiger partial charge in [-0.2, -0.15) is 0 Å². The molecule has 0 aromatic heterocycles. The molecule has 8 rings (SSSR count). The van der Waals surface area contributed by atoms with Crippen LogP contribution >= 0.6 is 0 Å². The van der Waals surface area contributed by atoms with E-state index < -0.39 is 8.07 Å². The molecule has 0 heterocycles.